The van der Waals surface area contributed by atoms with Crippen molar-refractivity contribution in [2.24, 2.45) is 5.92 Å². The summed E-state index contributed by atoms with van der Waals surface area (Å²) in [6.45, 7) is 4.38. The lowest BCUT2D eigenvalue weighted by Crippen LogP contribution is -2.05. The van der Waals surface area contributed by atoms with Crippen LogP contribution in [0.15, 0.2) is 4.47 Å². The minimum atomic E-state index is 0.505. The van der Waals surface area contributed by atoms with Gasteiger partial charge in [0, 0.05) is 5.92 Å². The summed E-state index contributed by atoms with van der Waals surface area (Å²) >= 11 is 9.55. The molecule has 1 fully saturated rings. The summed E-state index contributed by atoms with van der Waals surface area (Å²) in [5, 5.41) is 0.557. The molecule has 4 heteroatoms. The Kier molecular flexibility index (Phi) is 3.85. The van der Waals surface area contributed by atoms with Crippen LogP contribution in [-0.2, 0) is 6.42 Å². The summed E-state index contributed by atoms with van der Waals surface area (Å²) in [7, 11) is 0. The molecule has 2 nitrogen and oxygen atoms in total. The van der Waals surface area contributed by atoms with Gasteiger partial charge in [0.05, 0.1) is 10.2 Å². The number of hydrogen-bond acceptors (Lipinski definition) is 2. The Morgan fingerprint density at radius 1 is 1.38 bits per heavy atom. The van der Waals surface area contributed by atoms with E-state index in [2.05, 4.69) is 39.7 Å². The molecular weight excluding hydrogens is 288 g/mol. The zero-order chi connectivity index (χ0) is 11.7. The van der Waals surface area contributed by atoms with E-state index < -0.39 is 0 Å². The Hall–Kier alpha value is -0.150. The molecule has 1 aliphatic carbocycles. The predicted octanol–water partition coefficient (Wildman–Crippen LogP) is 4.36. The largest absolute Gasteiger partial charge is 0.236 e. The number of nitrogens with zero attached hydrogens (tertiary/aromatic N) is 2. The molecule has 2 unspecified atom stereocenters. The van der Waals surface area contributed by atoms with Gasteiger partial charge < -0.3 is 0 Å². The van der Waals surface area contributed by atoms with Crippen LogP contribution in [0, 0.1) is 5.92 Å². The first kappa shape index (κ1) is 12.3. The fourth-order valence-corrected chi connectivity index (χ4v) is 2.99. The molecule has 0 N–H and O–H groups in total. The van der Waals surface area contributed by atoms with E-state index in [1.165, 1.54) is 19.3 Å². The smallest absolute Gasteiger partial charge is 0.147 e. The van der Waals surface area contributed by atoms with Crippen molar-refractivity contribution in [2.45, 2.75) is 45.4 Å². The van der Waals surface area contributed by atoms with Crippen LogP contribution in [0.5, 0.6) is 0 Å². The average Bonchev–Trinajstić information content (AvgIpc) is 2.69. The molecule has 1 heterocycles. The van der Waals surface area contributed by atoms with Gasteiger partial charge in [-0.05, 0) is 47.5 Å². The van der Waals surface area contributed by atoms with Crippen LogP contribution in [0.3, 0.4) is 0 Å². The van der Waals surface area contributed by atoms with Crippen LogP contribution < -0.4 is 0 Å². The lowest BCUT2D eigenvalue weighted by atomic mass is 10.1. The highest BCUT2D eigenvalue weighted by Crippen LogP contribution is 2.37. The molecule has 0 aliphatic heterocycles. The van der Waals surface area contributed by atoms with E-state index in [4.69, 9.17) is 11.6 Å². The van der Waals surface area contributed by atoms with E-state index in [0.29, 0.717) is 11.1 Å². The Morgan fingerprint density at radius 3 is 2.69 bits per heavy atom. The lowest BCUT2D eigenvalue weighted by molar-refractivity contribution is 0.583. The summed E-state index contributed by atoms with van der Waals surface area (Å²) in [4.78, 5) is 9.03. The molecule has 2 atom stereocenters. The Labute approximate surface area is 110 Å². The minimum absolute atomic E-state index is 0.505. The van der Waals surface area contributed by atoms with E-state index in [9.17, 15) is 0 Å². The van der Waals surface area contributed by atoms with Gasteiger partial charge >= 0.3 is 0 Å². The molecule has 88 valence electrons. The first-order valence-electron chi connectivity index (χ1n) is 5.83. The summed E-state index contributed by atoms with van der Waals surface area (Å²) in [5.74, 6) is 2.24. The topological polar surface area (TPSA) is 25.8 Å². The van der Waals surface area contributed by atoms with Crippen LogP contribution in [-0.4, -0.2) is 9.97 Å². The molecule has 1 aromatic heterocycles. The fraction of sp³-hybridized carbons (Fsp3) is 0.667. The molecule has 0 aromatic carbocycles. The van der Waals surface area contributed by atoms with Crippen LogP contribution in [0.1, 0.15) is 50.5 Å². The highest BCUT2D eigenvalue weighted by molar-refractivity contribution is 9.10. The Balaban J connectivity index is 2.31. The van der Waals surface area contributed by atoms with E-state index in [1.807, 2.05) is 0 Å². The van der Waals surface area contributed by atoms with Crippen LogP contribution in [0.25, 0.3) is 0 Å². The zero-order valence-electron chi connectivity index (χ0n) is 9.63. The van der Waals surface area contributed by atoms with Gasteiger partial charge in [-0.3, -0.25) is 0 Å². The van der Waals surface area contributed by atoms with Gasteiger partial charge in [0.1, 0.15) is 11.0 Å². The highest BCUT2D eigenvalue weighted by Gasteiger charge is 2.26. The van der Waals surface area contributed by atoms with Crippen molar-refractivity contribution in [1.82, 2.24) is 9.97 Å². The third kappa shape index (κ3) is 2.40. The first-order valence-corrected chi connectivity index (χ1v) is 7.00. The number of aromatic nitrogens is 2. The maximum Gasteiger partial charge on any atom is 0.147 e. The predicted molar refractivity (Wildman–Crippen MR) is 69.9 cm³/mol. The third-order valence-electron chi connectivity index (χ3n) is 3.29. The van der Waals surface area contributed by atoms with Gasteiger partial charge in [0.2, 0.25) is 0 Å². The summed E-state index contributed by atoms with van der Waals surface area (Å²) in [6.07, 6.45) is 4.56. The highest BCUT2D eigenvalue weighted by atomic mass is 79.9. The summed E-state index contributed by atoms with van der Waals surface area (Å²) in [6, 6.07) is 0. The van der Waals surface area contributed by atoms with E-state index in [-0.39, 0.29) is 0 Å². The van der Waals surface area contributed by atoms with Gasteiger partial charge in [0.15, 0.2) is 0 Å². The van der Waals surface area contributed by atoms with Crippen LogP contribution in [0.4, 0.5) is 0 Å². The number of halogens is 2. The number of rotatable bonds is 2. The van der Waals surface area contributed by atoms with Crippen LogP contribution >= 0.6 is 27.5 Å². The molecule has 0 bridgehead atoms. The molecule has 16 heavy (non-hydrogen) atoms. The zero-order valence-corrected chi connectivity index (χ0v) is 12.0. The first-order chi connectivity index (χ1) is 7.61. The molecule has 0 spiro atoms. The van der Waals surface area contributed by atoms with E-state index >= 15 is 0 Å². The van der Waals surface area contributed by atoms with Gasteiger partial charge in [-0.25, -0.2) is 9.97 Å². The number of hydrogen-bond donors (Lipinski definition) is 0. The molecule has 1 saturated carbocycles. The second kappa shape index (κ2) is 5.01. The van der Waals surface area contributed by atoms with Gasteiger partial charge in [0.25, 0.3) is 0 Å². The van der Waals surface area contributed by atoms with Gasteiger partial charge in [-0.2, -0.15) is 0 Å². The maximum absolute atomic E-state index is 6.11. The maximum atomic E-state index is 6.11. The normalized spacial score (nSPS) is 25.0. The molecule has 0 radical (unpaired) electrons. The van der Waals surface area contributed by atoms with Crippen molar-refractivity contribution < 1.29 is 0 Å². The average molecular weight is 304 g/mol. The van der Waals surface area contributed by atoms with Crippen molar-refractivity contribution in [2.75, 3.05) is 0 Å². The molecule has 1 aliphatic rings. The summed E-state index contributed by atoms with van der Waals surface area (Å²) < 4.78 is 0.853. The van der Waals surface area contributed by atoms with Crippen molar-refractivity contribution >= 4 is 27.5 Å². The van der Waals surface area contributed by atoms with Gasteiger partial charge in [-0.15, -0.1) is 0 Å². The van der Waals surface area contributed by atoms with Crippen molar-refractivity contribution in [3.05, 3.63) is 21.1 Å². The molecule has 0 saturated heterocycles. The molecule has 0 amide bonds. The fourth-order valence-electron chi connectivity index (χ4n) is 2.34. The third-order valence-corrected chi connectivity index (χ3v) is 4.63. The van der Waals surface area contributed by atoms with E-state index in [1.54, 1.807) is 0 Å². The molecule has 1 aromatic rings. The second-order valence-corrected chi connectivity index (χ2v) is 5.75. The SMILES string of the molecule is CCc1nc(C2CCC(C)C2)nc(Cl)c1Br. The Bertz CT molecular complexity index is 395. The minimum Gasteiger partial charge on any atom is -0.236 e. The van der Waals surface area contributed by atoms with Crippen molar-refractivity contribution in [3.63, 3.8) is 0 Å². The second-order valence-electron chi connectivity index (χ2n) is 4.60. The molecular formula is C12H16BrClN2. The standard InChI is InChI=1S/C12H16BrClN2/c1-3-9-10(13)11(14)16-12(15-9)8-5-4-7(2)6-8/h7-8H,3-6H2,1-2H3. The molecule has 2 rings (SSSR count). The van der Waals surface area contributed by atoms with Crippen molar-refractivity contribution in [3.8, 4) is 0 Å². The van der Waals surface area contributed by atoms with E-state index in [0.717, 1.165) is 28.3 Å². The lowest BCUT2D eigenvalue weighted by Gasteiger charge is -2.11. The van der Waals surface area contributed by atoms with Crippen LogP contribution in [0.2, 0.25) is 5.15 Å². The van der Waals surface area contributed by atoms with Crippen molar-refractivity contribution in [1.29, 1.82) is 0 Å². The monoisotopic (exact) mass is 302 g/mol. The Morgan fingerprint density at radius 2 is 2.12 bits per heavy atom. The quantitative estimate of drug-likeness (QED) is 0.759. The summed E-state index contributed by atoms with van der Waals surface area (Å²) in [5.41, 5.74) is 1.02. The number of aryl methyl sites for hydroxylation is 1. The van der Waals surface area contributed by atoms with Gasteiger partial charge in [-0.1, -0.05) is 25.4 Å².